The molecule has 1 atom stereocenters. The number of phenolic OH excluding ortho intramolecular Hbond substituents is 1. The molecule has 6 nitrogen and oxygen atoms in total. The minimum absolute atomic E-state index is 0.0658. The number of fused-ring (bicyclic) bond motifs is 2. The molecule has 0 spiro atoms. The van der Waals surface area contributed by atoms with Gasteiger partial charge in [-0.25, -0.2) is 4.79 Å². The Hall–Kier alpha value is -2.63. The Kier molecular flexibility index (Phi) is 2.44. The van der Waals surface area contributed by atoms with Gasteiger partial charge in [0.25, 0.3) is 0 Å². The smallest absolute Gasteiger partial charge is 0.342 e. The zero-order chi connectivity index (χ0) is 14.6. The van der Waals surface area contributed by atoms with Crippen molar-refractivity contribution in [2.75, 3.05) is 0 Å². The summed E-state index contributed by atoms with van der Waals surface area (Å²) >= 11 is 0. The van der Waals surface area contributed by atoms with Crippen LogP contribution in [0.25, 0.3) is 5.76 Å². The maximum atomic E-state index is 11.8. The van der Waals surface area contributed by atoms with Crippen LogP contribution >= 0.6 is 0 Å². The highest BCUT2D eigenvalue weighted by Crippen LogP contribution is 2.38. The summed E-state index contributed by atoms with van der Waals surface area (Å²) in [6.07, 6.45) is 0.674. The minimum atomic E-state index is -0.860. The van der Waals surface area contributed by atoms with E-state index in [1.807, 2.05) is 0 Å². The zero-order valence-electron chi connectivity index (χ0n) is 10.5. The molecule has 0 bridgehead atoms. The van der Waals surface area contributed by atoms with Gasteiger partial charge < -0.3 is 14.9 Å². The highest BCUT2D eigenvalue weighted by molar-refractivity contribution is 6.50. The monoisotopic (exact) mass is 274 g/mol. The van der Waals surface area contributed by atoms with Gasteiger partial charge in [0.2, 0.25) is 11.6 Å². The topological polar surface area (TPSA) is 101 Å². The number of aliphatic hydroxyl groups excluding tert-OH is 1. The number of Topliss-reactive ketones (excluding diaryl/α,β-unsaturated/α-hetero) is 1. The number of hydrogen-bond acceptors (Lipinski definition) is 6. The molecule has 0 radical (unpaired) electrons. The van der Waals surface area contributed by atoms with E-state index in [0.29, 0.717) is 12.0 Å². The Balaban J connectivity index is 2.33. The van der Waals surface area contributed by atoms with Crippen molar-refractivity contribution in [1.29, 1.82) is 0 Å². The average molecular weight is 274 g/mol. The summed E-state index contributed by atoms with van der Waals surface area (Å²) in [5, 5.41) is 19.9. The summed E-state index contributed by atoms with van der Waals surface area (Å²) in [4.78, 5) is 35.1. The van der Waals surface area contributed by atoms with Crippen molar-refractivity contribution in [1.82, 2.24) is 0 Å². The fourth-order valence-electron chi connectivity index (χ4n) is 2.54. The minimum Gasteiger partial charge on any atom is -0.507 e. The van der Waals surface area contributed by atoms with E-state index >= 15 is 0 Å². The number of aromatic hydroxyl groups is 1. The summed E-state index contributed by atoms with van der Waals surface area (Å²) in [5.74, 6) is -3.44. The summed E-state index contributed by atoms with van der Waals surface area (Å²) in [5.41, 5.74) is 0.0813. The second-order valence-electron chi connectivity index (χ2n) is 4.82. The van der Waals surface area contributed by atoms with E-state index in [1.165, 1.54) is 6.07 Å². The molecule has 6 heteroatoms. The number of benzene rings is 1. The molecule has 1 aliphatic carbocycles. The van der Waals surface area contributed by atoms with E-state index in [-0.39, 0.29) is 22.8 Å². The molecule has 1 heterocycles. The summed E-state index contributed by atoms with van der Waals surface area (Å²) in [6, 6.07) is 1.37. The lowest BCUT2D eigenvalue weighted by molar-refractivity contribution is -0.111. The van der Waals surface area contributed by atoms with E-state index in [1.54, 1.807) is 6.92 Å². The zero-order valence-corrected chi connectivity index (χ0v) is 10.5. The number of ketones is 2. The van der Waals surface area contributed by atoms with Crippen LogP contribution in [0.15, 0.2) is 12.1 Å². The molecule has 0 amide bonds. The van der Waals surface area contributed by atoms with Gasteiger partial charge in [0.05, 0.1) is 5.56 Å². The van der Waals surface area contributed by atoms with Crippen LogP contribution in [0.3, 0.4) is 0 Å². The number of allylic oxidation sites excluding steroid dienone is 1. The molecule has 0 aromatic heterocycles. The van der Waals surface area contributed by atoms with Crippen molar-refractivity contribution in [3.05, 3.63) is 34.4 Å². The van der Waals surface area contributed by atoms with Gasteiger partial charge >= 0.3 is 5.97 Å². The van der Waals surface area contributed by atoms with Gasteiger partial charge in [-0.15, -0.1) is 0 Å². The first kappa shape index (κ1) is 12.4. The second-order valence-corrected chi connectivity index (χ2v) is 4.82. The van der Waals surface area contributed by atoms with Gasteiger partial charge in [0, 0.05) is 18.1 Å². The van der Waals surface area contributed by atoms with E-state index < -0.39 is 29.0 Å². The van der Waals surface area contributed by atoms with Crippen LogP contribution in [0.4, 0.5) is 0 Å². The SMILES string of the molecule is C[C@@H]1Cc2cc3c(c(O)c2C(=O)O1)C(O)=CC(=O)C3=O. The molecule has 0 saturated heterocycles. The molecule has 20 heavy (non-hydrogen) atoms. The Morgan fingerprint density at radius 3 is 2.60 bits per heavy atom. The first-order valence-electron chi connectivity index (χ1n) is 5.99. The van der Waals surface area contributed by atoms with Gasteiger partial charge in [-0.05, 0) is 18.6 Å². The predicted molar refractivity (Wildman–Crippen MR) is 66.6 cm³/mol. The van der Waals surface area contributed by atoms with Crippen LogP contribution in [0, 0.1) is 0 Å². The molecule has 1 aromatic carbocycles. The Bertz CT molecular complexity index is 713. The highest BCUT2D eigenvalue weighted by atomic mass is 16.5. The third-order valence-electron chi connectivity index (χ3n) is 3.39. The number of aliphatic hydroxyl groups is 1. The van der Waals surface area contributed by atoms with Crippen molar-refractivity contribution in [3.63, 3.8) is 0 Å². The van der Waals surface area contributed by atoms with Crippen LogP contribution < -0.4 is 0 Å². The molecular formula is C14H10O6. The van der Waals surface area contributed by atoms with Crippen LogP contribution in [0.1, 0.15) is 38.8 Å². The number of ether oxygens (including phenoxy) is 1. The molecular weight excluding hydrogens is 264 g/mol. The fraction of sp³-hybridized carbons (Fsp3) is 0.214. The van der Waals surface area contributed by atoms with Gasteiger partial charge in [-0.2, -0.15) is 0 Å². The van der Waals surface area contributed by atoms with Gasteiger partial charge in [-0.1, -0.05) is 0 Å². The lowest BCUT2D eigenvalue weighted by atomic mass is 9.86. The quantitative estimate of drug-likeness (QED) is 0.543. The second kappa shape index (κ2) is 3.93. The molecule has 2 aliphatic rings. The molecule has 2 N–H and O–H groups in total. The Morgan fingerprint density at radius 1 is 1.20 bits per heavy atom. The number of carbonyl (C=O) groups excluding carboxylic acids is 3. The first-order valence-corrected chi connectivity index (χ1v) is 5.99. The number of cyclic esters (lactones) is 1. The van der Waals surface area contributed by atoms with Crippen molar-refractivity contribution in [2.45, 2.75) is 19.4 Å². The van der Waals surface area contributed by atoms with Crippen molar-refractivity contribution in [2.24, 2.45) is 0 Å². The molecule has 3 rings (SSSR count). The highest BCUT2D eigenvalue weighted by Gasteiger charge is 2.35. The van der Waals surface area contributed by atoms with Gasteiger partial charge in [0.15, 0.2) is 0 Å². The maximum Gasteiger partial charge on any atom is 0.342 e. The van der Waals surface area contributed by atoms with Crippen LogP contribution in [-0.2, 0) is 16.0 Å². The number of rotatable bonds is 0. The average Bonchev–Trinajstić information content (AvgIpc) is 2.34. The third-order valence-corrected chi connectivity index (χ3v) is 3.39. The molecule has 0 fully saturated rings. The number of carbonyl (C=O) groups is 3. The summed E-state index contributed by atoms with van der Waals surface area (Å²) in [7, 11) is 0. The number of hydrogen-bond donors (Lipinski definition) is 2. The van der Waals surface area contributed by atoms with E-state index in [9.17, 15) is 24.6 Å². The molecule has 0 saturated carbocycles. The lowest BCUT2D eigenvalue weighted by Crippen LogP contribution is -2.27. The van der Waals surface area contributed by atoms with Crippen molar-refractivity contribution in [3.8, 4) is 5.75 Å². The predicted octanol–water partition coefficient (Wildman–Crippen LogP) is 1.16. The molecule has 102 valence electrons. The van der Waals surface area contributed by atoms with Gasteiger partial charge in [-0.3, -0.25) is 9.59 Å². The van der Waals surface area contributed by atoms with Crippen LogP contribution in [0.5, 0.6) is 5.75 Å². The third kappa shape index (κ3) is 1.54. The largest absolute Gasteiger partial charge is 0.507 e. The van der Waals surface area contributed by atoms with Crippen LogP contribution in [-0.4, -0.2) is 33.9 Å². The fourth-order valence-corrected chi connectivity index (χ4v) is 2.54. The van der Waals surface area contributed by atoms with E-state index in [0.717, 1.165) is 6.08 Å². The maximum absolute atomic E-state index is 11.8. The Morgan fingerprint density at radius 2 is 1.90 bits per heavy atom. The van der Waals surface area contributed by atoms with Crippen LogP contribution in [0.2, 0.25) is 0 Å². The van der Waals surface area contributed by atoms with Gasteiger partial charge in [0.1, 0.15) is 23.2 Å². The number of phenols is 1. The number of esters is 1. The van der Waals surface area contributed by atoms with E-state index in [2.05, 4.69) is 0 Å². The normalized spacial score (nSPS) is 20.9. The van der Waals surface area contributed by atoms with Crippen molar-refractivity contribution < 1.29 is 29.3 Å². The molecule has 1 aromatic rings. The Labute approximate surface area is 113 Å². The summed E-state index contributed by atoms with van der Waals surface area (Å²) in [6.45, 7) is 1.68. The molecule has 1 aliphatic heterocycles. The van der Waals surface area contributed by atoms with E-state index in [4.69, 9.17) is 4.74 Å². The first-order chi connectivity index (χ1) is 9.40. The standard InChI is InChI=1S/C14H10O6/c1-5-2-6-3-7-11(8(15)4-9(16)12(7)17)13(18)10(6)14(19)20-5/h3-5,15,18H,2H2,1H3/t5-/m1/s1. The molecule has 0 unspecified atom stereocenters. The lowest BCUT2D eigenvalue weighted by Gasteiger charge is -2.25. The van der Waals surface area contributed by atoms with Crippen molar-refractivity contribution >= 4 is 23.3 Å². The summed E-state index contributed by atoms with van der Waals surface area (Å²) < 4.78 is 5.02.